The zero-order valence-corrected chi connectivity index (χ0v) is 6.83. The van der Waals surface area contributed by atoms with E-state index < -0.39 is 5.91 Å². The maximum atomic E-state index is 10.9. The average Bonchev–Trinajstić information content (AvgIpc) is 2.01. The fraction of sp³-hybridized carbons (Fsp3) is 0.571. The Balaban J connectivity index is 2.76. The third kappa shape index (κ3) is 1.88. The van der Waals surface area contributed by atoms with E-state index in [-0.39, 0.29) is 18.2 Å². The molecule has 1 rings (SSSR count). The molecule has 0 fully saturated rings. The molecule has 0 aromatic carbocycles. The van der Waals surface area contributed by atoms with Gasteiger partial charge in [-0.15, -0.1) is 0 Å². The average molecular weight is 169 g/mol. The predicted molar refractivity (Wildman–Crippen MR) is 43.4 cm³/mol. The Bertz CT molecular complexity index is 247. The van der Waals surface area contributed by atoms with Gasteiger partial charge < -0.3 is 11.1 Å². The maximum absolute atomic E-state index is 10.9. The van der Waals surface area contributed by atoms with Crippen molar-refractivity contribution >= 4 is 17.6 Å². The second-order valence-electron chi connectivity index (χ2n) is 2.75. The summed E-state index contributed by atoms with van der Waals surface area (Å²) in [5.74, 6) is -0.378. The van der Waals surface area contributed by atoms with Crippen molar-refractivity contribution in [3.8, 4) is 0 Å². The van der Waals surface area contributed by atoms with Crippen molar-refractivity contribution in [3.05, 3.63) is 0 Å². The highest BCUT2D eigenvalue weighted by atomic mass is 16.2. The summed E-state index contributed by atoms with van der Waals surface area (Å²) in [6.07, 6.45) is -0.152. The van der Waals surface area contributed by atoms with Crippen molar-refractivity contribution in [2.24, 2.45) is 16.6 Å². The van der Waals surface area contributed by atoms with Crippen LogP contribution in [0, 0.1) is 5.92 Å². The quantitative estimate of drug-likeness (QED) is 0.521. The molecule has 0 saturated heterocycles. The Morgan fingerprint density at radius 2 is 2.33 bits per heavy atom. The number of aliphatic imine (C=N–C) groups is 1. The first-order valence-electron chi connectivity index (χ1n) is 3.75. The maximum Gasteiger partial charge on any atom is 0.256 e. The molecule has 66 valence electrons. The lowest BCUT2D eigenvalue weighted by Crippen LogP contribution is -2.42. The number of rotatable bonds is 2. The minimum absolute atomic E-state index is 0.0711. The summed E-state index contributed by atoms with van der Waals surface area (Å²) in [6.45, 7) is 2.17. The highest BCUT2D eigenvalue weighted by Crippen LogP contribution is 2.01. The number of amides is 2. The third-order valence-corrected chi connectivity index (χ3v) is 1.64. The van der Waals surface area contributed by atoms with Crippen LogP contribution in [0.15, 0.2) is 4.99 Å². The minimum atomic E-state index is -0.394. The molecule has 0 spiro atoms. The highest BCUT2D eigenvalue weighted by Gasteiger charge is 2.21. The van der Waals surface area contributed by atoms with Gasteiger partial charge >= 0.3 is 0 Å². The molecule has 3 N–H and O–H groups in total. The van der Waals surface area contributed by atoms with Gasteiger partial charge in [-0.1, -0.05) is 6.92 Å². The SMILES string of the molecule is CC(CN)C1=NC(=O)CC(=O)N1. The zero-order valence-electron chi connectivity index (χ0n) is 6.83. The summed E-state index contributed by atoms with van der Waals surface area (Å²) in [4.78, 5) is 25.3. The predicted octanol–water partition coefficient (Wildman–Crippen LogP) is -0.974. The van der Waals surface area contributed by atoms with E-state index >= 15 is 0 Å². The van der Waals surface area contributed by atoms with Crippen LogP contribution in [0.3, 0.4) is 0 Å². The van der Waals surface area contributed by atoms with Crippen LogP contribution in [0.2, 0.25) is 0 Å². The van der Waals surface area contributed by atoms with Crippen LogP contribution in [-0.2, 0) is 9.59 Å². The molecule has 5 heteroatoms. The van der Waals surface area contributed by atoms with E-state index in [0.717, 1.165) is 0 Å². The Morgan fingerprint density at radius 1 is 1.67 bits per heavy atom. The lowest BCUT2D eigenvalue weighted by Gasteiger charge is -2.16. The van der Waals surface area contributed by atoms with Gasteiger partial charge in [0, 0.05) is 12.5 Å². The van der Waals surface area contributed by atoms with Gasteiger partial charge in [-0.25, -0.2) is 0 Å². The molecule has 1 aliphatic heterocycles. The van der Waals surface area contributed by atoms with Crippen molar-refractivity contribution in [3.63, 3.8) is 0 Å². The lowest BCUT2D eigenvalue weighted by atomic mass is 10.1. The van der Waals surface area contributed by atoms with Crippen molar-refractivity contribution < 1.29 is 9.59 Å². The van der Waals surface area contributed by atoms with Crippen LogP contribution in [-0.4, -0.2) is 24.2 Å². The molecule has 1 aliphatic rings. The smallest absolute Gasteiger partial charge is 0.256 e. The van der Waals surface area contributed by atoms with Crippen LogP contribution in [0.1, 0.15) is 13.3 Å². The zero-order chi connectivity index (χ0) is 9.14. The minimum Gasteiger partial charge on any atom is -0.330 e. The van der Waals surface area contributed by atoms with Crippen LogP contribution < -0.4 is 11.1 Å². The highest BCUT2D eigenvalue weighted by molar-refractivity contribution is 6.14. The summed E-state index contributed by atoms with van der Waals surface area (Å²) in [7, 11) is 0. The van der Waals surface area contributed by atoms with Crippen LogP contribution in [0.5, 0.6) is 0 Å². The molecule has 5 nitrogen and oxygen atoms in total. The van der Waals surface area contributed by atoms with E-state index in [4.69, 9.17) is 5.73 Å². The van der Waals surface area contributed by atoms with Crippen LogP contribution in [0.4, 0.5) is 0 Å². The van der Waals surface area contributed by atoms with E-state index in [2.05, 4.69) is 10.3 Å². The molecular weight excluding hydrogens is 158 g/mol. The van der Waals surface area contributed by atoms with Crippen LogP contribution >= 0.6 is 0 Å². The topological polar surface area (TPSA) is 84.5 Å². The van der Waals surface area contributed by atoms with E-state index in [1.807, 2.05) is 0 Å². The summed E-state index contributed by atoms with van der Waals surface area (Å²) >= 11 is 0. The van der Waals surface area contributed by atoms with Gasteiger partial charge in [-0.3, -0.25) is 9.59 Å². The first kappa shape index (κ1) is 8.86. The second-order valence-corrected chi connectivity index (χ2v) is 2.75. The molecule has 2 amide bonds. The van der Waals surface area contributed by atoms with Crippen LogP contribution in [0.25, 0.3) is 0 Å². The van der Waals surface area contributed by atoms with Crippen molar-refractivity contribution in [1.29, 1.82) is 0 Å². The molecule has 1 atom stereocenters. The summed E-state index contributed by atoms with van der Waals surface area (Å²) in [6, 6.07) is 0. The van der Waals surface area contributed by atoms with E-state index in [9.17, 15) is 9.59 Å². The largest absolute Gasteiger partial charge is 0.330 e. The van der Waals surface area contributed by atoms with Crippen molar-refractivity contribution in [2.45, 2.75) is 13.3 Å². The molecule has 1 unspecified atom stereocenters. The first-order valence-corrected chi connectivity index (χ1v) is 3.75. The van der Waals surface area contributed by atoms with E-state index in [1.165, 1.54) is 0 Å². The van der Waals surface area contributed by atoms with E-state index in [0.29, 0.717) is 12.4 Å². The Hall–Kier alpha value is -1.23. The monoisotopic (exact) mass is 169 g/mol. The normalized spacial score (nSPS) is 20.0. The Kier molecular flexibility index (Phi) is 2.54. The third-order valence-electron chi connectivity index (χ3n) is 1.64. The molecule has 0 bridgehead atoms. The molecule has 1 heterocycles. The number of nitrogens with two attached hydrogens (primary N) is 1. The number of hydrogen-bond acceptors (Lipinski definition) is 3. The fourth-order valence-corrected chi connectivity index (χ4v) is 0.871. The van der Waals surface area contributed by atoms with Crippen molar-refractivity contribution in [1.82, 2.24) is 5.32 Å². The number of nitrogens with zero attached hydrogens (tertiary/aromatic N) is 1. The number of nitrogens with one attached hydrogen (secondary N) is 1. The Morgan fingerprint density at radius 3 is 2.83 bits per heavy atom. The molecular formula is C7H11N3O2. The molecule has 12 heavy (non-hydrogen) atoms. The number of carbonyl (C=O) groups excluding carboxylic acids is 2. The van der Waals surface area contributed by atoms with Gasteiger partial charge in [0.05, 0.1) is 0 Å². The van der Waals surface area contributed by atoms with Gasteiger partial charge in [-0.05, 0) is 0 Å². The van der Waals surface area contributed by atoms with Gasteiger partial charge in [-0.2, -0.15) is 4.99 Å². The number of amidine groups is 1. The van der Waals surface area contributed by atoms with E-state index in [1.54, 1.807) is 6.92 Å². The number of carbonyl (C=O) groups is 2. The Labute approximate surface area is 70.0 Å². The lowest BCUT2D eigenvalue weighted by molar-refractivity contribution is -0.127. The number of hydrogen-bond donors (Lipinski definition) is 2. The standard InChI is InChI=1S/C7H11N3O2/c1-4(3-8)7-9-5(11)2-6(12)10-7/h4H,2-3,8H2,1H3,(H,9,10,11,12). The summed E-state index contributed by atoms with van der Waals surface area (Å²) in [5, 5.41) is 2.51. The molecule has 0 aliphatic carbocycles. The van der Waals surface area contributed by atoms with Crippen molar-refractivity contribution in [2.75, 3.05) is 6.54 Å². The summed E-state index contributed by atoms with van der Waals surface area (Å²) < 4.78 is 0. The van der Waals surface area contributed by atoms with Gasteiger partial charge in [0.2, 0.25) is 5.91 Å². The molecule has 0 aromatic heterocycles. The van der Waals surface area contributed by atoms with Gasteiger partial charge in [0.1, 0.15) is 12.3 Å². The van der Waals surface area contributed by atoms with Gasteiger partial charge in [0.25, 0.3) is 5.91 Å². The molecule has 0 aromatic rings. The first-order chi connectivity index (χ1) is 5.63. The van der Waals surface area contributed by atoms with Gasteiger partial charge in [0.15, 0.2) is 0 Å². The fourth-order valence-electron chi connectivity index (χ4n) is 0.871. The molecule has 0 saturated carbocycles. The second kappa shape index (κ2) is 3.44. The molecule has 0 radical (unpaired) electrons. The summed E-state index contributed by atoms with van der Waals surface area (Å²) in [5.41, 5.74) is 5.35.